The zero-order valence-corrected chi connectivity index (χ0v) is 17.7. The molecule has 168 valence electrons. The Morgan fingerprint density at radius 3 is 2.31 bits per heavy atom. The summed E-state index contributed by atoms with van der Waals surface area (Å²) in [7, 11) is 0. The van der Waals surface area contributed by atoms with E-state index >= 15 is 0 Å². The molecule has 32 heavy (non-hydrogen) atoms. The average molecular weight is 439 g/mol. The third-order valence-electron chi connectivity index (χ3n) is 4.88. The van der Waals surface area contributed by atoms with Crippen LogP contribution in [0.3, 0.4) is 0 Å². The molecule has 3 aromatic rings. The second-order valence-electron chi connectivity index (χ2n) is 7.30. The summed E-state index contributed by atoms with van der Waals surface area (Å²) in [6.45, 7) is 1.57. The third kappa shape index (κ3) is 5.92. The van der Waals surface area contributed by atoms with E-state index in [0.29, 0.717) is 60.0 Å². The van der Waals surface area contributed by atoms with Crippen LogP contribution in [0.1, 0.15) is 29.6 Å². The molecule has 0 fully saturated rings. The van der Waals surface area contributed by atoms with Crippen molar-refractivity contribution in [1.82, 2.24) is 16.0 Å². The monoisotopic (exact) mass is 439 g/mol. The van der Waals surface area contributed by atoms with Gasteiger partial charge in [0, 0.05) is 31.6 Å². The lowest BCUT2D eigenvalue weighted by atomic mass is 10.1. The second-order valence-corrected chi connectivity index (χ2v) is 7.30. The molecule has 0 saturated carbocycles. The van der Waals surface area contributed by atoms with Crippen molar-refractivity contribution in [3.8, 4) is 0 Å². The number of para-hydroxylation sites is 1. The molecule has 0 spiro atoms. The smallest absolute Gasteiger partial charge is 0.251 e. The zero-order valence-electron chi connectivity index (χ0n) is 17.7. The number of rotatable bonds is 10. The topological polar surface area (TPSA) is 145 Å². The van der Waals surface area contributed by atoms with Gasteiger partial charge in [0.15, 0.2) is 0 Å². The number of nitrogens with one attached hydrogen (secondary N) is 3. The van der Waals surface area contributed by atoms with Crippen molar-refractivity contribution in [2.24, 2.45) is 0 Å². The van der Waals surface area contributed by atoms with Crippen molar-refractivity contribution in [1.29, 1.82) is 0 Å². The maximum atomic E-state index is 12.7. The van der Waals surface area contributed by atoms with Gasteiger partial charge in [0.05, 0.1) is 23.7 Å². The molecule has 3 rings (SSSR count). The lowest BCUT2D eigenvalue weighted by Crippen LogP contribution is -2.51. The van der Waals surface area contributed by atoms with E-state index in [1.807, 2.05) is 0 Å². The highest BCUT2D eigenvalue weighted by Gasteiger charge is 2.11. The van der Waals surface area contributed by atoms with Gasteiger partial charge in [0.2, 0.25) is 17.2 Å². The van der Waals surface area contributed by atoms with Crippen LogP contribution in [0.2, 0.25) is 0 Å². The van der Waals surface area contributed by atoms with Crippen molar-refractivity contribution in [2.75, 3.05) is 26.2 Å². The highest BCUT2D eigenvalue weighted by molar-refractivity contribution is 5.99. The first-order chi connectivity index (χ1) is 15.5. The van der Waals surface area contributed by atoms with Gasteiger partial charge in [-0.3, -0.25) is 19.2 Å². The number of benzene rings is 2. The van der Waals surface area contributed by atoms with Gasteiger partial charge in [-0.25, -0.2) is 0 Å². The molecule has 3 amide bonds. The van der Waals surface area contributed by atoms with Gasteiger partial charge in [-0.2, -0.15) is 0 Å². The quantitative estimate of drug-likeness (QED) is 0.266. The Morgan fingerprint density at radius 2 is 1.50 bits per heavy atom. The fourth-order valence-electron chi connectivity index (χ4n) is 3.22. The number of carbonyl (C=O) groups is 3. The van der Waals surface area contributed by atoms with Crippen molar-refractivity contribution < 1.29 is 24.5 Å². The maximum Gasteiger partial charge on any atom is 0.251 e. The van der Waals surface area contributed by atoms with E-state index in [0.717, 1.165) is 0 Å². The first kappa shape index (κ1) is 23.0. The van der Waals surface area contributed by atoms with Gasteiger partial charge in [-0.05, 0) is 36.8 Å². The molecular weight excluding hydrogens is 412 g/mol. The number of amides is 3. The highest BCUT2D eigenvalue weighted by atomic mass is 16.3. The van der Waals surface area contributed by atoms with Crippen LogP contribution in [0.4, 0.5) is 0 Å². The Morgan fingerprint density at radius 1 is 0.812 bits per heavy atom. The van der Waals surface area contributed by atoms with Crippen LogP contribution >= 0.6 is 0 Å². The van der Waals surface area contributed by atoms with Gasteiger partial charge in [-0.15, -0.1) is 0 Å². The van der Waals surface area contributed by atoms with E-state index in [2.05, 4.69) is 21.7 Å². The van der Waals surface area contributed by atoms with Crippen LogP contribution in [0.25, 0.3) is 21.9 Å². The lowest BCUT2D eigenvalue weighted by Gasteiger charge is -2.08. The molecule has 0 aliphatic heterocycles. The second kappa shape index (κ2) is 11.1. The largest absolute Gasteiger partial charge is 0.456 e. The van der Waals surface area contributed by atoms with Crippen LogP contribution in [0.15, 0.2) is 51.7 Å². The molecule has 0 atom stereocenters. The molecule has 6 N–H and O–H groups in total. The minimum Gasteiger partial charge on any atom is -0.456 e. The summed E-state index contributed by atoms with van der Waals surface area (Å²) in [4.78, 5) is 48.2. The van der Waals surface area contributed by atoms with Crippen molar-refractivity contribution >= 4 is 39.7 Å². The molecule has 9 nitrogen and oxygen atoms in total. The van der Waals surface area contributed by atoms with E-state index in [-0.39, 0.29) is 36.1 Å². The van der Waals surface area contributed by atoms with E-state index in [1.165, 1.54) is 6.07 Å². The Labute approximate surface area is 184 Å². The lowest BCUT2D eigenvalue weighted by molar-refractivity contribution is -0.366. The molecule has 0 radical (unpaired) electrons. The molecule has 0 bridgehead atoms. The van der Waals surface area contributed by atoms with E-state index in [1.54, 1.807) is 36.4 Å². The molecule has 0 unspecified atom stereocenters. The number of hydrogen-bond acceptors (Lipinski definition) is 5. The van der Waals surface area contributed by atoms with Crippen LogP contribution in [0.5, 0.6) is 0 Å². The summed E-state index contributed by atoms with van der Waals surface area (Å²) >= 11 is 0. The molecule has 1 heterocycles. The van der Waals surface area contributed by atoms with Crippen molar-refractivity contribution in [2.45, 2.75) is 19.3 Å². The molecule has 0 aliphatic carbocycles. The summed E-state index contributed by atoms with van der Waals surface area (Å²) in [5, 5.41) is 8.99. The summed E-state index contributed by atoms with van der Waals surface area (Å²) in [5.74, 6) is -0.589. The van der Waals surface area contributed by atoms with E-state index in [4.69, 9.17) is 4.42 Å². The fraction of sp³-hybridized carbons (Fsp3) is 0.304. The summed E-state index contributed by atoms with van der Waals surface area (Å²) < 4.78 is 5.75. The minimum absolute atomic E-state index is 0.116. The van der Waals surface area contributed by atoms with Crippen LogP contribution in [-0.2, 0) is 9.59 Å². The Hall–Kier alpha value is -3.72. The summed E-state index contributed by atoms with van der Waals surface area (Å²) in [5.41, 5.74) is 4.71. The van der Waals surface area contributed by atoms with Gasteiger partial charge in [0.25, 0.3) is 5.91 Å². The Kier molecular flexibility index (Phi) is 7.93. The van der Waals surface area contributed by atoms with Crippen molar-refractivity contribution in [3.05, 3.63) is 58.3 Å². The zero-order chi connectivity index (χ0) is 22.9. The van der Waals surface area contributed by atoms with Crippen LogP contribution in [0, 0.1) is 0 Å². The predicted molar refractivity (Wildman–Crippen MR) is 120 cm³/mol. The summed E-state index contributed by atoms with van der Waals surface area (Å²) in [6, 6.07) is 11.8. The fourth-order valence-corrected chi connectivity index (χ4v) is 3.22. The third-order valence-corrected chi connectivity index (χ3v) is 4.88. The maximum absolute atomic E-state index is 12.7. The predicted octanol–water partition coefficient (Wildman–Crippen LogP) is 0.321. The molecular formula is C23H27N4O5+. The molecule has 1 aromatic heterocycles. The summed E-state index contributed by atoms with van der Waals surface area (Å²) in [6.07, 6.45) is 1.09. The average Bonchev–Trinajstić information content (AvgIpc) is 2.79. The number of carbonyl (C=O) groups excluding carboxylic acids is 3. The van der Waals surface area contributed by atoms with Gasteiger partial charge in [0.1, 0.15) is 11.2 Å². The normalized spacial score (nSPS) is 10.8. The Bertz CT molecular complexity index is 1190. The van der Waals surface area contributed by atoms with E-state index in [9.17, 15) is 19.2 Å². The number of fused-ring (bicyclic) bond motifs is 2. The Balaban J connectivity index is 1.45. The highest BCUT2D eigenvalue weighted by Crippen LogP contribution is 2.19. The standard InChI is InChI=1S/C23H26N4O5/c24-10-8-20(28)26-13-9-21(29)25-11-3-12-27-23(31)15-6-7-19-17(14-15)22(30)16-4-1-2-5-18(16)32-19/h1-2,4-7,14H,3,8-13,24H2,(H,25,29)(H,26,28)(H,27,31)/p+1. The van der Waals surface area contributed by atoms with Crippen LogP contribution in [-0.4, -0.2) is 43.9 Å². The first-order valence-corrected chi connectivity index (χ1v) is 10.6. The molecule has 2 aromatic carbocycles. The minimum atomic E-state index is -0.307. The van der Waals surface area contributed by atoms with Gasteiger partial charge >= 0.3 is 0 Å². The first-order valence-electron chi connectivity index (χ1n) is 10.6. The number of hydrogen-bond donors (Lipinski definition) is 4. The van der Waals surface area contributed by atoms with Gasteiger partial charge < -0.3 is 26.1 Å². The van der Waals surface area contributed by atoms with Crippen LogP contribution < -0.4 is 27.1 Å². The molecule has 0 aliphatic rings. The number of quaternary nitrogens is 1. The SMILES string of the molecule is [NH3+]CCC(=O)NCCC(=O)NCCCNC(=O)c1ccc2oc3ccccc3c(=O)c2c1. The van der Waals surface area contributed by atoms with Crippen molar-refractivity contribution in [3.63, 3.8) is 0 Å². The van der Waals surface area contributed by atoms with Gasteiger partial charge in [-0.1, -0.05) is 12.1 Å². The molecule has 9 heteroatoms. The molecule has 0 saturated heterocycles. The van der Waals surface area contributed by atoms with E-state index < -0.39 is 0 Å².